The van der Waals surface area contributed by atoms with Crippen LogP contribution in [0.2, 0.25) is 0 Å². The molecule has 25 heavy (non-hydrogen) atoms. The highest BCUT2D eigenvalue weighted by molar-refractivity contribution is 5.89. The van der Waals surface area contributed by atoms with E-state index in [4.69, 9.17) is 0 Å². The van der Waals surface area contributed by atoms with E-state index >= 15 is 0 Å². The van der Waals surface area contributed by atoms with Crippen molar-refractivity contribution in [3.63, 3.8) is 0 Å². The smallest absolute Gasteiger partial charge is 0.227 e. The van der Waals surface area contributed by atoms with Gasteiger partial charge in [-0.15, -0.1) is 0 Å². The van der Waals surface area contributed by atoms with Crippen molar-refractivity contribution in [2.24, 2.45) is 11.8 Å². The highest BCUT2D eigenvalue weighted by Gasteiger charge is 2.37. The van der Waals surface area contributed by atoms with Crippen LogP contribution in [-0.2, 0) is 16.0 Å². The fourth-order valence-electron chi connectivity index (χ4n) is 4.16. The minimum atomic E-state index is -0.152. The van der Waals surface area contributed by atoms with Gasteiger partial charge in [0.15, 0.2) is 0 Å². The molecule has 6 nitrogen and oxygen atoms in total. The van der Waals surface area contributed by atoms with E-state index in [1.165, 1.54) is 11.3 Å². The lowest BCUT2D eigenvalue weighted by atomic mass is 9.90. The second-order valence-electron chi connectivity index (χ2n) is 7.86. The maximum absolute atomic E-state index is 12.8. The number of hydrogen-bond donors (Lipinski definition) is 1. The van der Waals surface area contributed by atoms with Gasteiger partial charge in [-0.25, -0.2) is 0 Å². The number of amides is 2. The first kappa shape index (κ1) is 18.0. The number of likely N-dealkylation sites (tertiary alicyclic amines) is 2. The summed E-state index contributed by atoms with van der Waals surface area (Å²) in [6.07, 6.45) is 5.22. The Morgan fingerprint density at radius 2 is 2.08 bits per heavy atom. The Morgan fingerprint density at radius 1 is 1.36 bits per heavy atom. The van der Waals surface area contributed by atoms with Gasteiger partial charge in [0, 0.05) is 44.2 Å². The Kier molecular flexibility index (Phi) is 5.45. The minimum Gasteiger partial charge on any atom is -0.342 e. The van der Waals surface area contributed by atoms with Crippen LogP contribution in [-0.4, -0.2) is 58.0 Å². The van der Waals surface area contributed by atoms with Crippen LogP contribution < -0.4 is 0 Å². The van der Waals surface area contributed by atoms with E-state index in [1.807, 2.05) is 16.0 Å². The molecule has 1 N–H and O–H groups in total. The standard InChI is InChI=1S/C19H30N4O2/c1-4-14-10-20-21-18(14)15-5-7-22(8-6-15)19(25)16-9-17(24)23(12-16)11-13(2)3/h10,13,15-16H,4-9,11-12H2,1-3H3,(H,20,21)/t16-/m1/s1. The number of carbonyl (C=O) groups excluding carboxylic acids is 2. The van der Waals surface area contributed by atoms with Crippen molar-refractivity contribution < 1.29 is 9.59 Å². The van der Waals surface area contributed by atoms with E-state index in [9.17, 15) is 9.59 Å². The van der Waals surface area contributed by atoms with E-state index in [1.54, 1.807) is 0 Å². The summed E-state index contributed by atoms with van der Waals surface area (Å²) in [4.78, 5) is 28.8. The maximum Gasteiger partial charge on any atom is 0.227 e. The highest BCUT2D eigenvalue weighted by atomic mass is 16.2. The van der Waals surface area contributed by atoms with Gasteiger partial charge >= 0.3 is 0 Å². The molecule has 2 aliphatic heterocycles. The predicted molar refractivity (Wildman–Crippen MR) is 96.0 cm³/mol. The number of nitrogens with zero attached hydrogens (tertiary/aromatic N) is 3. The van der Waals surface area contributed by atoms with E-state index < -0.39 is 0 Å². The molecule has 1 aromatic rings. The highest BCUT2D eigenvalue weighted by Crippen LogP contribution is 2.30. The molecule has 0 saturated carbocycles. The van der Waals surface area contributed by atoms with Crippen LogP contribution in [0, 0.1) is 11.8 Å². The molecule has 2 aliphatic rings. The molecule has 2 saturated heterocycles. The van der Waals surface area contributed by atoms with Gasteiger partial charge in [0.1, 0.15) is 0 Å². The van der Waals surface area contributed by atoms with Gasteiger partial charge in [0.25, 0.3) is 0 Å². The number of carbonyl (C=O) groups is 2. The van der Waals surface area contributed by atoms with Gasteiger partial charge in [0.05, 0.1) is 12.1 Å². The molecular weight excluding hydrogens is 316 g/mol. The second-order valence-corrected chi connectivity index (χ2v) is 7.86. The lowest BCUT2D eigenvalue weighted by Gasteiger charge is -2.33. The van der Waals surface area contributed by atoms with Gasteiger partial charge in [0.2, 0.25) is 11.8 Å². The average Bonchev–Trinajstić information content (AvgIpc) is 3.21. The zero-order chi connectivity index (χ0) is 18.0. The fourth-order valence-corrected chi connectivity index (χ4v) is 4.16. The summed E-state index contributed by atoms with van der Waals surface area (Å²) in [5.74, 6) is 1.05. The third-order valence-electron chi connectivity index (χ3n) is 5.50. The van der Waals surface area contributed by atoms with Gasteiger partial charge in [-0.1, -0.05) is 20.8 Å². The van der Waals surface area contributed by atoms with Crippen LogP contribution in [0.3, 0.4) is 0 Å². The summed E-state index contributed by atoms with van der Waals surface area (Å²) in [6.45, 7) is 9.26. The van der Waals surface area contributed by atoms with Crippen LogP contribution in [0.15, 0.2) is 6.20 Å². The molecule has 0 aliphatic carbocycles. The Bertz CT molecular complexity index is 617. The van der Waals surface area contributed by atoms with Crippen molar-refractivity contribution in [1.82, 2.24) is 20.0 Å². The Balaban J connectivity index is 1.54. The topological polar surface area (TPSA) is 69.3 Å². The molecule has 1 aromatic heterocycles. The number of nitrogens with one attached hydrogen (secondary N) is 1. The van der Waals surface area contributed by atoms with Crippen LogP contribution in [0.25, 0.3) is 0 Å². The predicted octanol–water partition coefficient (Wildman–Crippen LogP) is 2.18. The van der Waals surface area contributed by atoms with Gasteiger partial charge in [-0.2, -0.15) is 5.10 Å². The first-order chi connectivity index (χ1) is 12.0. The van der Waals surface area contributed by atoms with E-state index in [0.29, 0.717) is 24.8 Å². The molecular formula is C19H30N4O2. The molecule has 1 atom stereocenters. The molecule has 0 unspecified atom stereocenters. The number of aromatic nitrogens is 2. The molecule has 6 heteroatoms. The summed E-state index contributed by atoms with van der Waals surface area (Å²) < 4.78 is 0. The minimum absolute atomic E-state index is 0.131. The number of aromatic amines is 1. The van der Waals surface area contributed by atoms with Gasteiger partial charge in [-0.3, -0.25) is 14.7 Å². The fraction of sp³-hybridized carbons (Fsp3) is 0.737. The van der Waals surface area contributed by atoms with E-state index in [-0.39, 0.29) is 17.7 Å². The SMILES string of the molecule is CCc1cn[nH]c1C1CCN(C(=O)[C@@H]2CC(=O)N(CC(C)C)C2)CC1. The molecule has 0 spiro atoms. The number of rotatable bonds is 5. The number of aryl methyl sites for hydroxylation is 1. The van der Waals surface area contributed by atoms with Gasteiger partial charge < -0.3 is 9.80 Å². The molecule has 3 rings (SSSR count). The van der Waals surface area contributed by atoms with Crippen molar-refractivity contribution in [3.8, 4) is 0 Å². The molecule has 0 aromatic carbocycles. The lowest BCUT2D eigenvalue weighted by molar-refractivity contribution is -0.136. The van der Waals surface area contributed by atoms with Crippen molar-refractivity contribution in [2.75, 3.05) is 26.2 Å². The van der Waals surface area contributed by atoms with Crippen LogP contribution in [0.5, 0.6) is 0 Å². The Hall–Kier alpha value is -1.85. The first-order valence-electron chi connectivity index (χ1n) is 9.58. The normalized spacial score (nSPS) is 22.2. The summed E-state index contributed by atoms with van der Waals surface area (Å²) in [7, 11) is 0. The van der Waals surface area contributed by atoms with Crippen LogP contribution >= 0.6 is 0 Å². The third-order valence-corrected chi connectivity index (χ3v) is 5.50. The van der Waals surface area contributed by atoms with Gasteiger partial charge in [-0.05, 0) is 30.7 Å². The van der Waals surface area contributed by atoms with Crippen LogP contribution in [0.1, 0.15) is 57.2 Å². The number of hydrogen-bond acceptors (Lipinski definition) is 3. The molecule has 2 fully saturated rings. The van der Waals surface area contributed by atoms with Crippen molar-refractivity contribution in [2.45, 2.75) is 52.4 Å². The van der Waals surface area contributed by atoms with E-state index in [2.05, 4.69) is 31.0 Å². The molecule has 2 amide bonds. The largest absolute Gasteiger partial charge is 0.342 e. The average molecular weight is 346 g/mol. The summed E-state index contributed by atoms with van der Waals surface area (Å²) in [5, 5.41) is 7.33. The summed E-state index contributed by atoms with van der Waals surface area (Å²) >= 11 is 0. The summed E-state index contributed by atoms with van der Waals surface area (Å²) in [6, 6.07) is 0. The molecule has 0 radical (unpaired) electrons. The third kappa shape index (κ3) is 3.88. The Morgan fingerprint density at radius 3 is 2.72 bits per heavy atom. The number of piperidine rings is 1. The van der Waals surface area contributed by atoms with Crippen molar-refractivity contribution >= 4 is 11.8 Å². The first-order valence-corrected chi connectivity index (χ1v) is 9.58. The zero-order valence-corrected chi connectivity index (χ0v) is 15.6. The lowest BCUT2D eigenvalue weighted by Crippen LogP contribution is -2.42. The Labute approximate surface area is 149 Å². The van der Waals surface area contributed by atoms with Crippen LogP contribution in [0.4, 0.5) is 0 Å². The molecule has 0 bridgehead atoms. The quantitative estimate of drug-likeness (QED) is 0.888. The van der Waals surface area contributed by atoms with Crippen molar-refractivity contribution in [1.29, 1.82) is 0 Å². The molecule has 3 heterocycles. The zero-order valence-electron chi connectivity index (χ0n) is 15.6. The van der Waals surface area contributed by atoms with E-state index in [0.717, 1.165) is 38.9 Å². The second kappa shape index (κ2) is 7.58. The maximum atomic E-state index is 12.8. The number of H-pyrrole nitrogens is 1. The van der Waals surface area contributed by atoms with Crippen molar-refractivity contribution in [3.05, 3.63) is 17.5 Å². The molecule has 138 valence electrons. The summed E-state index contributed by atoms with van der Waals surface area (Å²) in [5.41, 5.74) is 2.53. The monoisotopic (exact) mass is 346 g/mol.